The van der Waals surface area contributed by atoms with Gasteiger partial charge in [-0.15, -0.1) is 0 Å². The fourth-order valence-corrected chi connectivity index (χ4v) is 3.70. The molecule has 0 radical (unpaired) electrons. The second kappa shape index (κ2) is 8.42. The quantitative estimate of drug-likeness (QED) is 0.698. The highest BCUT2D eigenvalue weighted by atomic mass is 79.9. The molecule has 0 amide bonds. The van der Waals surface area contributed by atoms with Gasteiger partial charge in [-0.05, 0) is 55.6 Å². The Kier molecular flexibility index (Phi) is 6.22. The molecular formula is C21H23BrFNO2. The van der Waals surface area contributed by atoms with Crippen molar-refractivity contribution in [1.82, 2.24) is 4.90 Å². The van der Waals surface area contributed by atoms with E-state index in [4.69, 9.17) is 0 Å². The van der Waals surface area contributed by atoms with Crippen LogP contribution in [0.2, 0.25) is 0 Å². The van der Waals surface area contributed by atoms with Crippen molar-refractivity contribution in [3.8, 4) is 0 Å². The number of likely N-dealkylation sites (tertiary alicyclic amines) is 1. The molecule has 0 aromatic heterocycles. The molecule has 1 saturated heterocycles. The zero-order valence-corrected chi connectivity index (χ0v) is 16.2. The number of nitrogens with zero attached hydrogens (tertiary/aromatic N) is 1. The third-order valence-corrected chi connectivity index (χ3v) is 5.64. The molecule has 0 atom stereocenters. The minimum absolute atomic E-state index is 0.164. The Hall–Kier alpha value is -1.56. The van der Waals surface area contributed by atoms with Gasteiger partial charge in [0.25, 0.3) is 0 Å². The molecule has 138 valence electrons. The number of Topliss-reactive ketones (excluding diaryl/α,β-unsaturated/α-hetero) is 1. The number of ketones is 1. The normalized spacial score (nSPS) is 17.2. The van der Waals surface area contributed by atoms with E-state index in [0.29, 0.717) is 19.3 Å². The monoisotopic (exact) mass is 419 g/mol. The fourth-order valence-electron chi connectivity index (χ4n) is 3.44. The molecule has 0 unspecified atom stereocenters. The lowest BCUT2D eigenvalue weighted by atomic mass is 9.84. The SMILES string of the molecule is O=C(CCCN1CCC(O)(c2ccc(F)cc2)CC1)c1ccc(Br)cc1. The number of benzene rings is 2. The third-order valence-electron chi connectivity index (χ3n) is 5.11. The highest BCUT2D eigenvalue weighted by Gasteiger charge is 2.33. The number of carbonyl (C=O) groups is 1. The molecule has 1 heterocycles. The number of hydrogen-bond donors (Lipinski definition) is 1. The summed E-state index contributed by atoms with van der Waals surface area (Å²) in [6.07, 6.45) is 2.59. The first kappa shape index (κ1) is 19.2. The lowest BCUT2D eigenvalue weighted by Gasteiger charge is -2.38. The van der Waals surface area contributed by atoms with Crippen LogP contribution in [0.3, 0.4) is 0 Å². The predicted molar refractivity (Wildman–Crippen MR) is 104 cm³/mol. The minimum atomic E-state index is -0.878. The van der Waals surface area contributed by atoms with Crippen LogP contribution in [0.5, 0.6) is 0 Å². The largest absolute Gasteiger partial charge is 0.385 e. The van der Waals surface area contributed by atoms with Gasteiger partial charge in [-0.2, -0.15) is 0 Å². The molecule has 1 aliphatic heterocycles. The topological polar surface area (TPSA) is 40.5 Å². The summed E-state index contributed by atoms with van der Waals surface area (Å²) < 4.78 is 14.0. The van der Waals surface area contributed by atoms with Gasteiger partial charge in [0.2, 0.25) is 0 Å². The molecule has 2 aromatic carbocycles. The van der Waals surface area contributed by atoms with E-state index in [1.165, 1.54) is 12.1 Å². The summed E-state index contributed by atoms with van der Waals surface area (Å²) >= 11 is 3.37. The van der Waals surface area contributed by atoms with Gasteiger partial charge < -0.3 is 10.0 Å². The van der Waals surface area contributed by atoms with Gasteiger partial charge in [-0.25, -0.2) is 4.39 Å². The zero-order chi connectivity index (χ0) is 18.6. The van der Waals surface area contributed by atoms with E-state index in [1.54, 1.807) is 12.1 Å². The molecule has 0 bridgehead atoms. The summed E-state index contributed by atoms with van der Waals surface area (Å²) in [5, 5.41) is 10.8. The second-order valence-electron chi connectivity index (χ2n) is 6.91. The van der Waals surface area contributed by atoms with E-state index < -0.39 is 5.60 Å². The average molecular weight is 420 g/mol. The summed E-state index contributed by atoms with van der Waals surface area (Å²) in [4.78, 5) is 14.5. The molecule has 0 saturated carbocycles. The van der Waals surface area contributed by atoms with Crippen LogP contribution < -0.4 is 0 Å². The van der Waals surface area contributed by atoms with Crippen molar-refractivity contribution in [2.24, 2.45) is 0 Å². The van der Waals surface area contributed by atoms with Gasteiger partial charge >= 0.3 is 0 Å². The maximum Gasteiger partial charge on any atom is 0.162 e. The van der Waals surface area contributed by atoms with E-state index in [1.807, 2.05) is 24.3 Å². The highest BCUT2D eigenvalue weighted by Crippen LogP contribution is 2.32. The van der Waals surface area contributed by atoms with Crippen LogP contribution in [0, 0.1) is 5.82 Å². The number of halogens is 2. The van der Waals surface area contributed by atoms with Gasteiger partial charge in [0, 0.05) is 29.5 Å². The summed E-state index contributed by atoms with van der Waals surface area (Å²) in [5.74, 6) is -0.123. The molecule has 1 fully saturated rings. The number of hydrogen-bond acceptors (Lipinski definition) is 3. The van der Waals surface area contributed by atoms with E-state index in [-0.39, 0.29) is 11.6 Å². The Morgan fingerprint density at radius 1 is 1.08 bits per heavy atom. The van der Waals surface area contributed by atoms with Crippen molar-refractivity contribution >= 4 is 21.7 Å². The van der Waals surface area contributed by atoms with Gasteiger partial charge in [-0.1, -0.05) is 40.2 Å². The number of carbonyl (C=O) groups excluding carboxylic acids is 1. The standard InChI is InChI=1S/C21H23BrFNO2/c22-18-7-3-16(4-8-18)20(25)2-1-13-24-14-11-21(26,12-15-24)17-5-9-19(23)10-6-17/h3-10,26H,1-2,11-15H2. The van der Waals surface area contributed by atoms with Crippen LogP contribution in [-0.4, -0.2) is 35.4 Å². The molecule has 0 aliphatic carbocycles. The van der Waals surface area contributed by atoms with Crippen LogP contribution >= 0.6 is 15.9 Å². The first-order valence-corrected chi connectivity index (χ1v) is 9.75. The Labute approximate surface area is 162 Å². The van der Waals surface area contributed by atoms with Crippen molar-refractivity contribution in [2.75, 3.05) is 19.6 Å². The molecule has 26 heavy (non-hydrogen) atoms. The smallest absolute Gasteiger partial charge is 0.162 e. The van der Waals surface area contributed by atoms with E-state index >= 15 is 0 Å². The maximum absolute atomic E-state index is 13.1. The van der Waals surface area contributed by atoms with Gasteiger partial charge in [0.1, 0.15) is 5.82 Å². The Morgan fingerprint density at radius 3 is 2.31 bits per heavy atom. The van der Waals surface area contributed by atoms with Gasteiger partial charge in [0.05, 0.1) is 5.60 Å². The molecule has 1 N–H and O–H groups in total. The first-order valence-electron chi connectivity index (χ1n) is 8.96. The van der Waals surface area contributed by atoms with Crippen LogP contribution in [-0.2, 0) is 5.60 Å². The highest BCUT2D eigenvalue weighted by molar-refractivity contribution is 9.10. The van der Waals surface area contributed by atoms with Gasteiger partial charge in [0.15, 0.2) is 5.78 Å². The third kappa shape index (κ3) is 4.78. The molecule has 0 spiro atoms. The summed E-state index contributed by atoms with van der Waals surface area (Å²) in [7, 11) is 0. The average Bonchev–Trinajstić information content (AvgIpc) is 2.64. The minimum Gasteiger partial charge on any atom is -0.385 e. The van der Waals surface area contributed by atoms with E-state index in [0.717, 1.165) is 41.7 Å². The van der Waals surface area contributed by atoms with Crippen LogP contribution in [0.4, 0.5) is 4.39 Å². The summed E-state index contributed by atoms with van der Waals surface area (Å²) in [5.41, 5.74) is 0.652. The lowest BCUT2D eigenvalue weighted by molar-refractivity contribution is -0.0260. The summed E-state index contributed by atoms with van der Waals surface area (Å²) in [6.45, 7) is 2.41. The number of rotatable bonds is 6. The molecule has 1 aliphatic rings. The molecule has 5 heteroatoms. The van der Waals surface area contributed by atoms with Crippen LogP contribution in [0.1, 0.15) is 41.6 Å². The Balaban J connectivity index is 1.44. The van der Waals surface area contributed by atoms with Crippen LogP contribution in [0.15, 0.2) is 53.0 Å². The van der Waals surface area contributed by atoms with Crippen molar-refractivity contribution < 1.29 is 14.3 Å². The number of piperidine rings is 1. The summed E-state index contributed by atoms with van der Waals surface area (Å²) in [6, 6.07) is 13.6. The zero-order valence-electron chi connectivity index (χ0n) is 14.6. The predicted octanol–water partition coefficient (Wildman–Crippen LogP) is 4.53. The first-order chi connectivity index (χ1) is 12.5. The van der Waals surface area contributed by atoms with E-state index in [9.17, 15) is 14.3 Å². The molecule has 2 aromatic rings. The van der Waals surface area contributed by atoms with Crippen molar-refractivity contribution in [1.29, 1.82) is 0 Å². The van der Waals surface area contributed by atoms with Gasteiger partial charge in [-0.3, -0.25) is 4.79 Å². The molecular weight excluding hydrogens is 397 g/mol. The molecule has 3 nitrogen and oxygen atoms in total. The van der Waals surface area contributed by atoms with Crippen molar-refractivity contribution in [3.05, 3.63) is 69.9 Å². The fraction of sp³-hybridized carbons (Fsp3) is 0.381. The van der Waals surface area contributed by atoms with E-state index in [2.05, 4.69) is 20.8 Å². The molecule has 3 rings (SSSR count). The van der Waals surface area contributed by atoms with Crippen molar-refractivity contribution in [2.45, 2.75) is 31.3 Å². The van der Waals surface area contributed by atoms with Crippen molar-refractivity contribution in [3.63, 3.8) is 0 Å². The Bertz CT molecular complexity index is 738. The second-order valence-corrected chi connectivity index (χ2v) is 7.83. The Morgan fingerprint density at radius 2 is 1.69 bits per heavy atom. The number of aliphatic hydroxyl groups is 1. The maximum atomic E-state index is 13.1. The lowest BCUT2D eigenvalue weighted by Crippen LogP contribution is -2.42. The van der Waals surface area contributed by atoms with Crippen LogP contribution in [0.25, 0.3) is 0 Å².